The molecule has 20 heavy (non-hydrogen) atoms. The Bertz CT molecular complexity index is 643. The fourth-order valence-corrected chi connectivity index (χ4v) is 2.17. The van der Waals surface area contributed by atoms with E-state index < -0.39 is 0 Å². The molecule has 1 aromatic carbocycles. The number of aliphatic imine (C=N–C) groups is 1. The highest BCUT2D eigenvalue weighted by Crippen LogP contribution is 2.23. The van der Waals surface area contributed by atoms with Crippen LogP contribution in [-0.4, -0.2) is 17.7 Å². The predicted octanol–water partition coefficient (Wildman–Crippen LogP) is 5.40. The van der Waals surface area contributed by atoms with Crippen molar-refractivity contribution >= 4 is 40.3 Å². The van der Waals surface area contributed by atoms with Gasteiger partial charge in [0.25, 0.3) is 0 Å². The summed E-state index contributed by atoms with van der Waals surface area (Å²) in [7, 11) is 0. The highest BCUT2D eigenvalue weighted by atomic mass is 35.5. The van der Waals surface area contributed by atoms with E-state index in [2.05, 4.69) is 30.7 Å². The van der Waals surface area contributed by atoms with E-state index in [9.17, 15) is 0 Å². The lowest BCUT2D eigenvalue weighted by Gasteiger charge is -2.15. The van der Waals surface area contributed by atoms with Gasteiger partial charge in [0, 0.05) is 28.7 Å². The van der Waals surface area contributed by atoms with Gasteiger partial charge in [-0.15, -0.1) is 0 Å². The Morgan fingerprint density at radius 2 is 1.95 bits per heavy atom. The molecular formula is C16H18Cl2N2. The molecule has 0 radical (unpaired) electrons. The van der Waals surface area contributed by atoms with Crippen molar-refractivity contribution in [3.63, 3.8) is 0 Å². The number of benzene rings is 1. The second kappa shape index (κ2) is 6.11. The minimum absolute atomic E-state index is 0.288. The number of hydrogen-bond acceptors (Lipinski definition) is 2. The Kier molecular flexibility index (Phi) is 4.66. The standard InChI is InChI=1S/C16H18Cl2N2/c1-16(2,3)6-7-19-10-12-8-11-9-13(17)4-5-14(11)20-15(12)18/h4-5,8-10H,6-7H2,1-3H3. The average Bonchev–Trinajstić information content (AvgIpc) is 2.34. The molecule has 0 spiro atoms. The molecule has 0 aliphatic carbocycles. The van der Waals surface area contributed by atoms with Crippen molar-refractivity contribution in [2.45, 2.75) is 27.2 Å². The van der Waals surface area contributed by atoms with Crippen LogP contribution in [0.25, 0.3) is 10.9 Å². The highest BCUT2D eigenvalue weighted by molar-refractivity contribution is 6.33. The van der Waals surface area contributed by atoms with Gasteiger partial charge in [0.2, 0.25) is 0 Å². The number of hydrogen-bond donors (Lipinski definition) is 0. The molecule has 1 aromatic heterocycles. The van der Waals surface area contributed by atoms with Crippen molar-refractivity contribution in [1.29, 1.82) is 0 Å². The second-order valence-corrected chi connectivity index (χ2v) is 6.85. The fourth-order valence-electron chi connectivity index (χ4n) is 1.79. The Morgan fingerprint density at radius 3 is 2.65 bits per heavy atom. The monoisotopic (exact) mass is 308 g/mol. The summed E-state index contributed by atoms with van der Waals surface area (Å²) in [4.78, 5) is 8.79. The van der Waals surface area contributed by atoms with Gasteiger partial charge >= 0.3 is 0 Å². The summed E-state index contributed by atoms with van der Waals surface area (Å²) in [6, 6.07) is 7.53. The molecule has 2 nitrogen and oxygen atoms in total. The second-order valence-electron chi connectivity index (χ2n) is 6.05. The van der Waals surface area contributed by atoms with Crippen molar-refractivity contribution in [3.8, 4) is 0 Å². The third-order valence-corrected chi connectivity index (χ3v) is 3.52. The Labute approximate surface area is 129 Å². The minimum Gasteiger partial charge on any atom is -0.292 e. The van der Waals surface area contributed by atoms with Gasteiger partial charge in [-0.1, -0.05) is 44.0 Å². The minimum atomic E-state index is 0.288. The first-order chi connectivity index (χ1) is 9.35. The molecule has 0 N–H and O–H groups in total. The van der Waals surface area contributed by atoms with E-state index >= 15 is 0 Å². The highest BCUT2D eigenvalue weighted by Gasteiger charge is 2.08. The molecule has 2 aromatic rings. The SMILES string of the molecule is CC(C)(C)CCN=Cc1cc2cc(Cl)ccc2nc1Cl. The molecule has 0 aliphatic heterocycles. The number of pyridine rings is 1. The number of fused-ring (bicyclic) bond motifs is 1. The van der Waals surface area contributed by atoms with Crippen LogP contribution < -0.4 is 0 Å². The lowest BCUT2D eigenvalue weighted by Crippen LogP contribution is -2.06. The molecule has 106 valence electrons. The zero-order valence-corrected chi connectivity index (χ0v) is 13.5. The largest absolute Gasteiger partial charge is 0.292 e. The summed E-state index contributed by atoms with van der Waals surface area (Å²) in [5.41, 5.74) is 1.96. The van der Waals surface area contributed by atoms with E-state index in [1.54, 1.807) is 6.21 Å². The summed E-state index contributed by atoms with van der Waals surface area (Å²) in [6.45, 7) is 7.40. The van der Waals surface area contributed by atoms with Crippen LogP contribution in [0.15, 0.2) is 29.3 Å². The van der Waals surface area contributed by atoms with E-state index in [0.717, 1.165) is 29.4 Å². The number of nitrogens with zero attached hydrogens (tertiary/aromatic N) is 2. The number of halogens is 2. The molecule has 4 heteroatoms. The van der Waals surface area contributed by atoms with Crippen molar-refractivity contribution in [1.82, 2.24) is 4.98 Å². The van der Waals surface area contributed by atoms with Gasteiger partial charge in [0.05, 0.1) is 5.52 Å². The van der Waals surface area contributed by atoms with Crippen LogP contribution in [0.4, 0.5) is 0 Å². The van der Waals surface area contributed by atoms with Gasteiger partial charge in [0.1, 0.15) is 5.15 Å². The Hall–Kier alpha value is -1.12. The van der Waals surface area contributed by atoms with Gasteiger partial charge < -0.3 is 0 Å². The molecule has 0 saturated heterocycles. The Morgan fingerprint density at radius 1 is 1.20 bits per heavy atom. The normalized spacial score (nSPS) is 12.4. The van der Waals surface area contributed by atoms with Crippen molar-refractivity contribution in [2.24, 2.45) is 10.4 Å². The van der Waals surface area contributed by atoms with Crippen LogP contribution >= 0.6 is 23.2 Å². The summed E-state index contributed by atoms with van der Waals surface area (Å²) >= 11 is 12.2. The summed E-state index contributed by atoms with van der Waals surface area (Å²) in [5.74, 6) is 0. The topological polar surface area (TPSA) is 25.2 Å². The van der Waals surface area contributed by atoms with E-state index in [1.165, 1.54) is 0 Å². The fraction of sp³-hybridized carbons (Fsp3) is 0.375. The summed E-state index contributed by atoms with van der Waals surface area (Å²) in [6.07, 6.45) is 2.83. The van der Waals surface area contributed by atoms with Gasteiger partial charge in [0.15, 0.2) is 0 Å². The molecule has 0 atom stereocenters. The maximum absolute atomic E-state index is 6.18. The average molecular weight is 309 g/mol. The van der Waals surface area contributed by atoms with E-state index in [1.807, 2.05) is 24.3 Å². The zero-order chi connectivity index (χ0) is 14.8. The first kappa shape index (κ1) is 15.3. The predicted molar refractivity (Wildman–Crippen MR) is 88.3 cm³/mol. The van der Waals surface area contributed by atoms with Crippen LogP contribution in [-0.2, 0) is 0 Å². The molecule has 0 aliphatic rings. The van der Waals surface area contributed by atoms with Gasteiger partial charge in [-0.3, -0.25) is 4.99 Å². The smallest absolute Gasteiger partial charge is 0.138 e. The molecule has 1 heterocycles. The molecular weight excluding hydrogens is 291 g/mol. The Balaban J connectivity index is 2.21. The first-order valence-corrected chi connectivity index (χ1v) is 7.36. The molecule has 0 amide bonds. The van der Waals surface area contributed by atoms with Gasteiger partial charge in [-0.25, -0.2) is 4.98 Å². The van der Waals surface area contributed by atoms with Gasteiger partial charge in [-0.2, -0.15) is 0 Å². The molecule has 0 saturated carbocycles. The van der Waals surface area contributed by atoms with Crippen LogP contribution in [0.2, 0.25) is 10.2 Å². The third kappa shape index (κ3) is 4.19. The summed E-state index contributed by atoms with van der Waals surface area (Å²) < 4.78 is 0. The van der Waals surface area contributed by atoms with Gasteiger partial charge in [-0.05, 0) is 36.1 Å². The van der Waals surface area contributed by atoms with Crippen molar-refractivity contribution in [3.05, 3.63) is 40.0 Å². The van der Waals surface area contributed by atoms with E-state index in [0.29, 0.717) is 10.2 Å². The quantitative estimate of drug-likeness (QED) is 0.550. The van der Waals surface area contributed by atoms with Crippen LogP contribution in [0.3, 0.4) is 0 Å². The molecule has 0 fully saturated rings. The van der Waals surface area contributed by atoms with Crippen molar-refractivity contribution < 1.29 is 0 Å². The zero-order valence-electron chi connectivity index (χ0n) is 12.0. The lowest BCUT2D eigenvalue weighted by atomic mass is 9.92. The maximum atomic E-state index is 6.18. The van der Waals surface area contributed by atoms with E-state index in [4.69, 9.17) is 23.2 Å². The first-order valence-electron chi connectivity index (χ1n) is 6.61. The third-order valence-electron chi connectivity index (χ3n) is 2.98. The maximum Gasteiger partial charge on any atom is 0.138 e. The molecule has 0 bridgehead atoms. The number of rotatable bonds is 3. The van der Waals surface area contributed by atoms with Crippen LogP contribution in [0.5, 0.6) is 0 Å². The molecule has 0 unspecified atom stereocenters. The van der Waals surface area contributed by atoms with Crippen LogP contribution in [0, 0.1) is 5.41 Å². The summed E-state index contributed by atoms with van der Waals surface area (Å²) in [5, 5.41) is 2.13. The molecule has 2 rings (SSSR count). The van der Waals surface area contributed by atoms with Crippen LogP contribution in [0.1, 0.15) is 32.8 Å². The van der Waals surface area contributed by atoms with Crippen molar-refractivity contribution in [2.75, 3.05) is 6.54 Å². The van der Waals surface area contributed by atoms with E-state index in [-0.39, 0.29) is 5.41 Å². The number of aromatic nitrogens is 1. The lowest BCUT2D eigenvalue weighted by molar-refractivity contribution is 0.385.